The highest BCUT2D eigenvalue weighted by atomic mass is 35.5. The third-order valence-corrected chi connectivity index (χ3v) is 5.22. The van der Waals surface area contributed by atoms with Gasteiger partial charge in [0.2, 0.25) is 5.95 Å². The second-order valence-corrected chi connectivity index (χ2v) is 7.49. The number of rotatable bonds is 5. The van der Waals surface area contributed by atoms with Crippen LogP contribution >= 0.6 is 23.2 Å². The van der Waals surface area contributed by atoms with Gasteiger partial charge < -0.3 is 15.4 Å². The third-order valence-electron chi connectivity index (χ3n) is 4.42. The summed E-state index contributed by atoms with van der Waals surface area (Å²) in [5.41, 5.74) is 0.957. The molecule has 1 saturated carbocycles. The maximum absolute atomic E-state index is 11.9. The Bertz CT molecular complexity index is 1240. The van der Waals surface area contributed by atoms with Crippen molar-refractivity contribution in [1.82, 2.24) is 30.2 Å². The lowest BCUT2D eigenvalue weighted by molar-refractivity contribution is -0.115. The van der Waals surface area contributed by atoms with E-state index in [1.807, 2.05) is 0 Å². The Morgan fingerprint density at radius 3 is 2.77 bits per heavy atom. The smallest absolute Gasteiger partial charge is 0.327 e. The zero-order valence-electron chi connectivity index (χ0n) is 15.1. The molecular weight excluding hydrogens is 433 g/mol. The van der Waals surface area contributed by atoms with Gasteiger partial charge in [-0.15, -0.1) is 0 Å². The van der Waals surface area contributed by atoms with E-state index in [1.165, 1.54) is 16.8 Å². The van der Waals surface area contributed by atoms with Gasteiger partial charge in [-0.25, -0.2) is 4.79 Å². The summed E-state index contributed by atoms with van der Waals surface area (Å²) in [4.78, 5) is 32.0. The van der Waals surface area contributed by atoms with E-state index in [2.05, 4.69) is 31.0 Å². The van der Waals surface area contributed by atoms with Gasteiger partial charge in [-0.05, 0) is 31.1 Å². The highest BCUT2D eigenvalue weighted by Gasteiger charge is 2.26. The van der Waals surface area contributed by atoms with E-state index >= 15 is 0 Å². The van der Waals surface area contributed by atoms with E-state index in [9.17, 15) is 9.59 Å². The quantitative estimate of drug-likeness (QED) is 0.407. The molecule has 2 aromatic heterocycles. The molecule has 1 aromatic carbocycles. The number of fused-ring (bicyclic) bond motifs is 1. The maximum atomic E-state index is 11.9. The summed E-state index contributed by atoms with van der Waals surface area (Å²) in [7, 11) is 0. The van der Waals surface area contributed by atoms with E-state index in [-0.39, 0.29) is 22.8 Å². The summed E-state index contributed by atoms with van der Waals surface area (Å²) in [6.07, 6.45) is 5.04. The van der Waals surface area contributed by atoms with Gasteiger partial charge >= 0.3 is 12.0 Å². The van der Waals surface area contributed by atoms with Gasteiger partial charge in [0, 0.05) is 11.6 Å². The molecule has 3 amide bonds. The van der Waals surface area contributed by atoms with Crippen molar-refractivity contribution in [3.8, 4) is 11.8 Å². The number of ether oxygens (including phenoxy) is 1. The first-order chi connectivity index (χ1) is 14.5. The molecule has 3 N–H and O–H groups in total. The van der Waals surface area contributed by atoms with Gasteiger partial charge in [0.05, 0.1) is 11.2 Å². The Hall–Kier alpha value is -3.37. The number of urea groups is 1. The lowest BCUT2D eigenvalue weighted by Crippen LogP contribution is -2.22. The lowest BCUT2D eigenvalue weighted by Gasteiger charge is -2.10. The predicted molar refractivity (Wildman–Crippen MR) is 109 cm³/mol. The number of hydrogen-bond acceptors (Lipinski definition) is 7. The van der Waals surface area contributed by atoms with E-state index in [0.29, 0.717) is 27.9 Å². The van der Waals surface area contributed by atoms with Gasteiger partial charge in [0.15, 0.2) is 11.4 Å². The molecule has 1 aliphatic heterocycles. The Morgan fingerprint density at radius 1 is 1.20 bits per heavy atom. The summed E-state index contributed by atoms with van der Waals surface area (Å²) in [5.74, 6) is 0.194. The van der Waals surface area contributed by atoms with Gasteiger partial charge in [-0.1, -0.05) is 29.3 Å². The van der Waals surface area contributed by atoms with Crippen molar-refractivity contribution in [2.45, 2.75) is 18.9 Å². The number of imide groups is 1. The van der Waals surface area contributed by atoms with E-state index < -0.39 is 11.9 Å². The number of anilines is 1. The number of nitrogens with zero attached hydrogens (tertiary/aromatic N) is 4. The Morgan fingerprint density at radius 2 is 2.03 bits per heavy atom. The fraction of sp³-hybridized carbons (Fsp3) is 0.167. The van der Waals surface area contributed by atoms with E-state index in [0.717, 1.165) is 12.8 Å². The molecule has 0 unspecified atom stereocenters. The summed E-state index contributed by atoms with van der Waals surface area (Å²) in [5, 5.41) is 12.7. The molecule has 0 bridgehead atoms. The number of nitrogens with one attached hydrogen (secondary N) is 3. The standard InChI is InChI=1S/C18H13Cl2N7O3/c19-10-2-1-3-12(13(10)20)30-18-24-14-8(6-11-15(28)25-17(29)23-11)7-21-27(14)16(26-18)22-9-4-5-9/h1-3,6-7,9H,4-5H2,(H,22,24,26)(H2,23,25,28,29)/b11-6-. The number of halogens is 2. The minimum Gasteiger partial charge on any atom is -0.423 e. The number of amides is 3. The SMILES string of the molecule is O=C1NC(=O)/C(=C/c2cnn3c(NC4CC4)nc(Oc4cccc(Cl)c4Cl)nc23)N1. The van der Waals surface area contributed by atoms with E-state index in [1.54, 1.807) is 18.2 Å². The first-order valence-electron chi connectivity index (χ1n) is 8.96. The number of carbonyl (C=O) groups excluding carboxylic acids is 2. The van der Waals surface area contributed by atoms with E-state index in [4.69, 9.17) is 27.9 Å². The molecule has 1 saturated heterocycles. The summed E-state index contributed by atoms with van der Waals surface area (Å²) in [6, 6.07) is 4.71. The van der Waals surface area contributed by atoms with Gasteiger partial charge in [0.25, 0.3) is 5.91 Å². The molecule has 12 heteroatoms. The second kappa shape index (κ2) is 7.15. The summed E-state index contributed by atoms with van der Waals surface area (Å²) in [6.45, 7) is 0. The van der Waals surface area contributed by atoms with Crippen LogP contribution in [0.15, 0.2) is 30.1 Å². The van der Waals surface area contributed by atoms with Crippen molar-refractivity contribution in [3.63, 3.8) is 0 Å². The predicted octanol–water partition coefficient (Wildman–Crippen LogP) is 2.98. The molecule has 152 valence electrons. The number of aromatic nitrogens is 4. The van der Waals surface area contributed by atoms with Crippen LogP contribution < -0.4 is 20.7 Å². The topological polar surface area (TPSA) is 123 Å². The van der Waals surface area contributed by atoms with Crippen LogP contribution in [0.25, 0.3) is 11.7 Å². The zero-order chi connectivity index (χ0) is 20.8. The molecular formula is C18H13Cl2N7O3. The zero-order valence-corrected chi connectivity index (χ0v) is 16.7. The highest BCUT2D eigenvalue weighted by Crippen LogP contribution is 2.34. The first kappa shape index (κ1) is 18.6. The minimum absolute atomic E-state index is 0.0230. The molecule has 3 heterocycles. The van der Waals surface area contributed by atoms with Crippen molar-refractivity contribution < 1.29 is 14.3 Å². The van der Waals surface area contributed by atoms with Crippen molar-refractivity contribution in [3.05, 3.63) is 45.7 Å². The molecule has 0 spiro atoms. The molecule has 0 radical (unpaired) electrons. The van der Waals surface area contributed by atoms with Crippen LogP contribution in [0.4, 0.5) is 10.7 Å². The maximum Gasteiger partial charge on any atom is 0.327 e. The fourth-order valence-corrected chi connectivity index (χ4v) is 3.16. The fourth-order valence-electron chi connectivity index (χ4n) is 2.83. The molecule has 3 aromatic rings. The summed E-state index contributed by atoms with van der Waals surface area (Å²) < 4.78 is 7.29. The van der Waals surface area contributed by atoms with Crippen LogP contribution in [-0.4, -0.2) is 37.6 Å². The van der Waals surface area contributed by atoms with Crippen LogP contribution in [0.5, 0.6) is 11.8 Å². The van der Waals surface area contributed by atoms with Crippen LogP contribution in [0.1, 0.15) is 18.4 Å². The Labute approximate surface area is 179 Å². The molecule has 2 aliphatic rings. The molecule has 1 aliphatic carbocycles. The minimum atomic E-state index is -0.590. The number of hydrogen-bond donors (Lipinski definition) is 3. The lowest BCUT2D eigenvalue weighted by atomic mass is 10.2. The molecule has 0 atom stereocenters. The number of carbonyl (C=O) groups is 2. The normalized spacial score (nSPS) is 17.3. The number of benzene rings is 1. The van der Waals surface area contributed by atoms with Crippen LogP contribution in [0, 0.1) is 0 Å². The van der Waals surface area contributed by atoms with Crippen molar-refractivity contribution in [1.29, 1.82) is 0 Å². The van der Waals surface area contributed by atoms with Crippen molar-refractivity contribution >= 4 is 52.8 Å². The molecule has 10 nitrogen and oxygen atoms in total. The van der Waals surface area contributed by atoms with Crippen molar-refractivity contribution in [2.24, 2.45) is 0 Å². The van der Waals surface area contributed by atoms with Crippen LogP contribution in [-0.2, 0) is 4.79 Å². The monoisotopic (exact) mass is 445 g/mol. The molecule has 2 fully saturated rings. The van der Waals surface area contributed by atoms with Crippen LogP contribution in [0.3, 0.4) is 0 Å². The first-order valence-corrected chi connectivity index (χ1v) is 9.72. The molecule has 5 rings (SSSR count). The van der Waals surface area contributed by atoms with Gasteiger partial charge in [-0.3, -0.25) is 10.1 Å². The average Bonchev–Trinajstić information content (AvgIpc) is 3.34. The Kier molecular flexibility index (Phi) is 4.44. The average molecular weight is 446 g/mol. The largest absolute Gasteiger partial charge is 0.423 e. The molecule has 30 heavy (non-hydrogen) atoms. The summed E-state index contributed by atoms with van der Waals surface area (Å²) >= 11 is 12.3. The van der Waals surface area contributed by atoms with Gasteiger partial charge in [0.1, 0.15) is 10.7 Å². The van der Waals surface area contributed by atoms with Gasteiger partial charge in [-0.2, -0.15) is 19.6 Å². The van der Waals surface area contributed by atoms with Crippen molar-refractivity contribution in [2.75, 3.05) is 5.32 Å². The second-order valence-electron chi connectivity index (χ2n) is 6.70. The third kappa shape index (κ3) is 3.51. The Balaban J connectivity index is 1.59. The highest BCUT2D eigenvalue weighted by molar-refractivity contribution is 6.42. The van der Waals surface area contributed by atoms with Crippen LogP contribution in [0.2, 0.25) is 10.0 Å².